The summed E-state index contributed by atoms with van der Waals surface area (Å²) in [6.45, 7) is 20.7. The minimum atomic E-state index is -0.786. The van der Waals surface area contributed by atoms with Crippen LogP contribution in [0.4, 0.5) is 17.1 Å². The standard InChI is InChI=1S/C22H27BN4O3.C16H15BrN4O.C6H7BrN2/c1-14-17(23-29-21(4,5)22(6,7)30-23)11-16(12-26-14)27-19(28)15-8-9-25-18(10-15)20(2,3)13-24;1-10-13(17)7-12(8-20-10)21-15(22)11-4-5-19-14(6-11)16(2,3)9-18;1-4-6(7)2-5(8)3-9-4/h8-12H,1-7H3,(H,27,28);4-8H,1-3H3,(H,21,22);2-3H,8H2,1H3. The molecule has 6 heterocycles. The molecule has 6 rings (SSSR count). The molecule has 1 fully saturated rings. The van der Waals surface area contributed by atoms with Gasteiger partial charge in [-0.2, -0.15) is 10.5 Å². The van der Waals surface area contributed by atoms with Gasteiger partial charge in [0.25, 0.3) is 11.8 Å². The van der Waals surface area contributed by atoms with Crippen LogP contribution in [0.25, 0.3) is 0 Å². The molecule has 1 aliphatic rings. The number of nitrogens with one attached hydrogen (secondary N) is 2. The molecule has 61 heavy (non-hydrogen) atoms. The van der Waals surface area contributed by atoms with E-state index in [1.165, 1.54) is 12.4 Å². The van der Waals surface area contributed by atoms with Crippen LogP contribution in [-0.2, 0) is 20.1 Å². The minimum Gasteiger partial charge on any atom is -0.399 e. The molecular weight excluding hydrogens is 903 g/mol. The van der Waals surface area contributed by atoms with Crippen molar-refractivity contribution in [1.82, 2.24) is 24.9 Å². The molecule has 1 saturated heterocycles. The monoisotopic (exact) mass is 950 g/mol. The number of anilines is 3. The predicted octanol–water partition coefficient (Wildman–Crippen LogP) is 8.47. The number of hydrogen-bond donors (Lipinski definition) is 3. The lowest BCUT2D eigenvalue weighted by atomic mass is 9.78. The average molecular weight is 953 g/mol. The summed E-state index contributed by atoms with van der Waals surface area (Å²) in [5.41, 5.74) is 10.1. The van der Waals surface area contributed by atoms with E-state index in [2.05, 4.69) is 79.6 Å². The maximum atomic E-state index is 12.8. The van der Waals surface area contributed by atoms with E-state index in [4.69, 9.17) is 20.3 Å². The predicted molar refractivity (Wildman–Crippen MR) is 244 cm³/mol. The summed E-state index contributed by atoms with van der Waals surface area (Å²) in [6, 6.07) is 16.3. The lowest BCUT2D eigenvalue weighted by Crippen LogP contribution is -2.41. The molecule has 5 aromatic rings. The van der Waals surface area contributed by atoms with E-state index in [1.807, 2.05) is 60.6 Å². The summed E-state index contributed by atoms with van der Waals surface area (Å²) in [5.74, 6) is -0.576. The Labute approximate surface area is 374 Å². The van der Waals surface area contributed by atoms with Gasteiger partial charge in [-0.05, 0) is 150 Å². The molecule has 0 bridgehead atoms. The Hall–Kier alpha value is -5.59. The summed E-state index contributed by atoms with van der Waals surface area (Å²) < 4.78 is 14.0. The summed E-state index contributed by atoms with van der Waals surface area (Å²) in [5, 5.41) is 24.1. The van der Waals surface area contributed by atoms with E-state index in [1.54, 1.807) is 76.6 Å². The fourth-order valence-corrected chi connectivity index (χ4v) is 5.99. The number of hydrogen-bond acceptors (Lipinski definition) is 12. The molecular formula is C44H49BBr2N10O4. The number of carbonyl (C=O) groups excluding carboxylic acids is 2. The number of nitriles is 2. The van der Waals surface area contributed by atoms with Gasteiger partial charge in [-0.1, -0.05) is 0 Å². The van der Waals surface area contributed by atoms with Gasteiger partial charge in [0.05, 0.1) is 92.6 Å². The highest BCUT2D eigenvalue weighted by Crippen LogP contribution is 2.37. The van der Waals surface area contributed by atoms with Crippen molar-refractivity contribution in [3.8, 4) is 12.1 Å². The SMILES string of the molecule is Cc1ncc(N)cc1Br.Cc1ncc(NC(=O)c2ccnc(C(C)(C)C#N)c2)cc1B1OC(C)(C)C(C)(C)O1.Cc1ncc(NC(=O)c2ccnc(C(C)(C)C#N)c2)cc1Br. The Bertz CT molecular complexity index is 2500. The molecule has 316 valence electrons. The van der Waals surface area contributed by atoms with Crippen molar-refractivity contribution in [2.75, 3.05) is 16.4 Å². The first kappa shape index (κ1) is 48.1. The second kappa shape index (κ2) is 19.4. The Morgan fingerprint density at radius 1 is 0.672 bits per heavy atom. The second-order valence-electron chi connectivity index (χ2n) is 16.4. The topological polar surface area (TPSA) is 215 Å². The molecule has 0 saturated carbocycles. The average Bonchev–Trinajstić information content (AvgIpc) is 3.44. The van der Waals surface area contributed by atoms with Crippen LogP contribution in [0.15, 0.2) is 82.4 Å². The van der Waals surface area contributed by atoms with E-state index >= 15 is 0 Å². The molecule has 5 aromatic heterocycles. The van der Waals surface area contributed by atoms with Gasteiger partial charge < -0.3 is 25.7 Å². The van der Waals surface area contributed by atoms with Crippen LogP contribution < -0.4 is 21.8 Å². The summed E-state index contributed by atoms with van der Waals surface area (Å²) >= 11 is 6.68. The molecule has 14 nitrogen and oxygen atoms in total. The van der Waals surface area contributed by atoms with Crippen molar-refractivity contribution in [3.63, 3.8) is 0 Å². The first-order valence-electron chi connectivity index (χ1n) is 19.1. The van der Waals surface area contributed by atoms with Crippen LogP contribution in [-0.4, -0.2) is 55.1 Å². The van der Waals surface area contributed by atoms with Gasteiger partial charge in [-0.3, -0.25) is 34.5 Å². The highest BCUT2D eigenvalue weighted by Gasteiger charge is 2.52. The van der Waals surface area contributed by atoms with Gasteiger partial charge in [0.2, 0.25) is 0 Å². The van der Waals surface area contributed by atoms with Crippen molar-refractivity contribution < 1.29 is 18.9 Å². The third-order valence-electron chi connectivity index (χ3n) is 10.1. The number of rotatable bonds is 7. The van der Waals surface area contributed by atoms with Crippen LogP contribution in [0.1, 0.15) is 105 Å². The van der Waals surface area contributed by atoms with Crippen molar-refractivity contribution in [2.24, 2.45) is 0 Å². The zero-order chi connectivity index (χ0) is 45.5. The molecule has 1 aliphatic heterocycles. The Balaban J connectivity index is 0.000000230. The number of halogens is 2. The maximum absolute atomic E-state index is 12.8. The smallest absolute Gasteiger partial charge is 0.399 e. The van der Waals surface area contributed by atoms with Crippen LogP contribution in [0.5, 0.6) is 0 Å². The first-order valence-corrected chi connectivity index (χ1v) is 20.7. The molecule has 0 unspecified atom stereocenters. The van der Waals surface area contributed by atoms with Crippen molar-refractivity contribution in [1.29, 1.82) is 10.5 Å². The maximum Gasteiger partial charge on any atom is 0.496 e. The highest BCUT2D eigenvalue weighted by atomic mass is 79.9. The lowest BCUT2D eigenvalue weighted by molar-refractivity contribution is 0.00578. The van der Waals surface area contributed by atoms with Gasteiger partial charge in [0.1, 0.15) is 0 Å². The number of aryl methyl sites for hydroxylation is 3. The Morgan fingerprint density at radius 2 is 1.08 bits per heavy atom. The molecule has 0 aromatic carbocycles. The number of nitrogens with two attached hydrogens (primary N) is 1. The van der Waals surface area contributed by atoms with Gasteiger partial charge in [-0.15, -0.1) is 0 Å². The largest absolute Gasteiger partial charge is 0.496 e. The zero-order valence-electron chi connectivity index (χ0n) is 36.1. The van der Waals surface area contributed by atoms with E-state index in [-0.39, 0.29) is 11.8 Å². The summed E-state index contributed by atoms with van der Waals surface area (Å²) in [6.07, 6.45) is 7.90. The van der Waals surface area contributed by atoms with E-state index < -0.39 is 29.2 Å². The normalized spacial score (nSPS) is 13.9. The molecule has 2 amide bonds. The lowest BCUT2D eigenvalue weighted by Gasteiger charge is -2.32. The zero-order valence-corrected chi connectivity index (χ0v) is 39.3. The number of amides is 2. The van der Waals surface area contributed by atoms with Crippen LogP contribution in [0.2, 0.25) is 0 Å². The fraction of sp³-hybridized carbons (Fsp3) is 0.341. The number of carbonyl (C=O) groups is 2. The molecule has 17 heteroatoms. The van der Waals surface area contributed by atoms with Gasteiger partial charge >= 0.3 is 7.12 Å². The number of nitrogens with zero attached hydrogens (tertiary/aromatic N) is 7. The third kappa shape index (κ3) is 12.3. The number of aromatic nitrogens is 5. The Morgan fingerprint density at radius 3 is 1.49 bits per heavy atom. The highest BCUT2D eigenvalue weighted by molar-refractivity contribution is 9.10. The molecule has 0 spiro atoms. The number of pyridine rings is 5. The molecule has 4 N–H and O–H groups in total. The minimum absolute atomic E-state index is 0.269. The van der Waals surface area contributed by atoms with Crippen LogP contribution in [0, 0.1) is 43.4 Å². The van der Waals surface area contributed by atoms with E-state index in [9.17, 15) is 14.9 Å². The van der Waals surface area contributed by atoms with Gasteiger partial charge in [0.15, 0.2) is 0 Å². The second-order valence-corrected chi connectivity index (χ2v) is 18.1. The van der Waals surface area contributed by atoms with Crippen molar-refractivity contribution >= 4 is 73.3 Å². The van der Waals surface area contributed by atoms with Crippen LogP contribution in [0.3, 0.4) is 0 Å². The quantitative estimate of drug-likeness (QED) is 0.131. The summed E-state index contributed by atoms with van der Waals surface area (Å²) in [4.78, 5) is 46.1. The third-order valence-corrected chi connectivity index (χ3v) is 11.7. The molecule has 0 radical (unpaired) electrons. The fourth-order valence-electron chi connectivity index (χ4n) is 5.27. The molecule has 0 aliphatic carbocycles. The first-order chi connectivity index (χ1) is 28.4. The van der Waals surface area contributed by atoms with Crippen molar-refractivity contribution in [3.05, 3.63) is 122 Å². The van der Waals surface area contributed by atoms with Gasteiger partial charge in [-0.25, -0.2) is 0 Å². The van der Waals surface area contributed by atoms with Gasteiger partial charge in [0, 0.05) is 43.6 Å². The van der Waals surface area contributed by atoms with Crippen molar-refractivity contribution in [2.45, 2.75) is 98.2 Å². The number of nitrogen functional groups attached to an aromatic ring is 1. The molecule has 0 atom stereocenters. The van der Waals surface area contributed by atoms with E-state index in [0.29, 0.717) is 39.6 Å². The van der Waals surface area contributed by atoms with E-state index in [0.717, 1.165) is 31.5 Å². The Kier molecular flexibility index (Phi) is 15.3. The van der Waals surface area contributed by atoms with Crippen LogP contribution >= 0.6 is 31.9 Å². The summed E-state index contributed by atoms with van der Waals surface area (Å²) in [7, 11) is -0.566.